The molecular formula is C15H23N3O. The fourth-order valence-electron chi connectivity index (χ4n) is 2.83. The van der Waals surface area contributed by atoms with Gasteiger partial charge < -0.3 is 10.6 Å². The number of amides is 1. The normalized spacial score (nSPS) is 21.9. The molecule has 0 radical (unpaired) electrons. The van der Waals surface area contributed by atoms with Crippen LogP contribution in [0.3, 0.4) is 0 Å². The highest BCUT2D eigenvalue weighted by Gasteiger charge is 2.32. The van der Waals surface area contributed by atoms with Crippen LogP contribution >= 0.6 is 0 Å². The van der Waals surface area contributed by atoms with Gasteiger partial charge in [-0.15, -0.1) is 0 Å². The predicted octanol–water partition coefficient (Wildman–Crippen LogP) is 1.08. The van der Waals surface area contributed by atoms with Crippen LogP contribution in [-0.4, -0.2) is 43.5 Å². The average molecular weight is 261 g/mol. The van der Waals surface area contributed by atoms with Crippen molar-refractivity contribution in [2.24, 2.45) is 0 Å². The molecule has 0 saturated carbocycles. The zero-order valence-corrected chi connectivity index (χ0v) is 11.9. The second-order valence-electron chi connectivity index (χ2n) is 5.10. The van der Waals surface area contributed by atoms with Gasteiger partial charge in [0.1, 0.15) is 6.04 Å². The summed E-state index contributed by atoms with van der Waals surface area (Å²) >= 11 is 0. The Labute approximate surface area is 115 Å². The number of rotatable bonds is 3. The van der Waals surface area contributed by atoms with Crippen molar-refractivity contribution in [2.45, 2.75) is 25.9 Å². The molecule has 0 bridgehead atoms. The lowest BCUT2D eigenvalue weighted by atomic mass is 9.99. The number of carbonyl (C=O) groups excluding carboxylic acids is 1. The van der Waals surface area contributed by atoms with Crippen LogP contribution in [0.5, 0.6) is 0 Å². The Morgan fingerprint density at radius 1 is 1.47 bits per heavy atom. The summed E-state index contributed by atoms with van der Waals surface area (Å²) in [5, 5.41) is 6.06. The zero-order chi connectivity index (χ0) is 13.8. The number of hydrogen-bond donors (Lipinski definition) is 2. The maximum atomic E-state index is 12.0. The van der Waals surface area contributed by atoms with Gasteiger partial charge in [-0.2, -0.15) is 0 Å². The third kappa shape index (κ3) is 2.96. The molecular weight excluding hydrogens is 238 g/mol. The molecule has 2 unspecified atom stereocenters. The maximum absolute atomic E-state index is 12.0. The van der Waals surface area contributed by atoms with Gasteiger partial charge >= 0.3 is 0 Å². The highest BCUT2D eigenvalue weighted by Crippen LogP contribution is 2.25. The van der Waals surface area contributed by atoms with Crippen molar-refractivity contribution >= 4 is 5.91 Å². The van der Waals surface area contributed by atoms with Gasteiger partial charge in [-0.25, -0.2) is 0 Å². The van der Waals surface area contributed by atoms with E-state index < -0.39 is 0 Å². The fourth-order valence-corrected chi connectivity index (χ4v) is 2.83. The fraction of sp³-hybridized carbons (Fsp3) is 0.533. The van der Waals surface area contributed by atoms with Crippen molar-refractivity contribution in [1.82, 2.24) is 15.5 Å². The Kier molecular flexibility index (Phi) is 4.56. The third-order valence-corrected chi connectivity index (χ3v) is 3.97. The SMILES string of the molecule is CNC(=O)C1CNCCN1C(C)c1ccccc1C. The minimum atomic E-state index is -0.0895. The first kappa shape index (κ1) is 14.0. The van der Waals surface area contributed by atoms with Gasteiger partial charge in [0, 0.05) is 32.7 Å². The molecule has 0 aromatic heterocycles. The Morgan fingerprint density at radius 3 is 2.89 bits per heavy atom. The second-order valence-corrected chi connectivity index (χ2v) is 5.10. The van der Waals surface area contributed by atoms with E-state index in [1.54, 1.807) is 7.05 Å². The molecule has 4 heteroatoms. The largest absolute Gasteiger partial charge is 0.358 e. The summed E-state index contributed by atoms with van der Waals surface area (Å²) < 4.78 is 0. The molecule has 1 aliphatic heterocycles. The predicted molar refractivity (Wildman–Crippen MR) is 77.0 cm³/mol. The number of hydrogen-bond acceptors (Lipinski definition) is 3. The molecule has 1 amide bonds. The summed E-state index contributed by atoms with van der Waals surface area (Å²) in [7, 11) is 1.70. The quantitative estimate of drug-likeness (QED) is 0.855. The number of carbonyl (C=O) groups is 1. The van der Waals surface area contributed by atoms with Crippen LogP contribution in [0.25, 0.3) is 0 Å². The Morgan fingerprint density at radius 2 is 2.21 bits per heavy atom. The monoisotopic (exact) mass is 261 g/mol. The van der Waals surface area contributed by atoms with Crippen LogP contribution in [0.15, 0.2) is 24.3 Å². The molecule has 1 aliphatic rings. The minimum absolute atomic E-state index is 0.0895. The van der Waals surface area contributed by atoms with Gasteiger partial charge in [-0.3, -0.25) is 9.69 Å². The van der Waals surface area contributed by atoms with Crippen LogP contribution < -0.4 is 10.6 Å². The Balaban J connectivity index is 2.22. The van der Waals surface area contributed by atoms with Gasteiger partial charge in [-0.1, -0.05) is 24.3 Å². The van der Waals surface area contributed by atoms with Crippen molar-refractivity contribution in [2.75, 3.05) is 26.7 Å². The molecule has 0 aliphatic carbocycles. The molecule has 1 aromatic rings. The van der Waals surface area contributed by atoms with Crippen molar-refractivity contribution in [3.8, 4) is 0 Å². The van der Waals surface area contributed by atoms with E-state index >= 15 is 0 Å². The Hall–Kier alpha value is -1.39. The summed E-state index contributed by atoms with van der Waals surface area (Å²) in [6, 6.07) is 8.57. The van der Waals surface area contributed by atoms with Gasteiger partial charge in [-0.05, 0) is 25.0 Å². The lowest BCUT2D eigenvalue weighted by Gasteiger charge is -2.39. The van der Waals surface area contributed by atoms with Gasteiger partial charge in [0.25, 0.3) is 0 Å². The number of nitrogens with one attached hydrogen (secondary N) is 2. The van der Waals surface area contributed by atoms with Crippen LogP contribution in [0.2, 0.25) is 0 Å². The first-order valence-electron chi connectivity index (χ1n) is 6.88. The van der Waals surface area contributed by atoms with Crippen LogP contribution in [0, 0.1) is 6.92 Å². The van der Waals surface area contributed by atoms with Crippen molar-refractivity contribution in [3.63, 3.8) is 0 Å². The highest BCUT2D eigenvalue weighted by atomic mass is 16.2. The van der Waals surface area contributed by atoms with Gasteiger partial charge in [0.05, 0.1) is 0 Å². The van der Waals surface area contributed by atoms with Crippen LogP contribution in [-0.2, 0) is 4.79 Å². The molecule has 1 saturated heterocycles. The van der Waals surface area contributed by atoms with Crippen molar-refractivity contribution < 1.29 is 4.79 Å². The van der Waals surface area contributed by atoms with Crippen LogP contribution in [0.1, 0.15) is 24.1 Å². The van der Waals surface area contributed by atoms with Crippen molar-refractivity contribution in [3.05, 3.63) is 35.4 Å². The molecule has 1 aromatic carbocycles. The average Bonchev–Trinajstić information content (AvgIpc) is 2.46. The number of likely N-dealkylation sites (N-methyl/N-ethyl adjacent to an activating group) is 1. The van der Waals surface area contributed by atoms with Crippen LogP contribution in [0.4, 0.5) is 0 Å². The molecule has 4 nitrogen and oxygen atoms in total. The summed E-state index contributed by atoms with van der Waals surface area (Å²) in [6.45, 7) is 6.86. The molecule has 19 heavy (non-hydrogen) atoms. The standard InChI is InChI=1S/C15H23N3O/c1-11-6-4-5-7-13(11)12(2)18-9-8-17-10-14(18)15(19)16-3/h4-7,12,14,17H,8-10H2,1-3H3,(H,16,19). The van der Waals surface area contributed by atoms with E-state index in [1.807, 2.05) is 0 Å². The molecule has 2 atom stereocenters. The summed E-state index contributed by atoms with van der Waals surface area (Å²) in [6.07, 6.45) is 0. The Bertz CT molecular complexity index is 447. The second kappa shape index (κ2) is 6.17. The zero-order valence-electron chi connectivity index (χ0n) is 11.9. The minimum Gasteiger partial charge on any atom is -0.358 e. The van der Waals surface area contributed by atoms with E-state index in [-0.39, 0.29) is 18.0 Å². The van der Waals surface area contributed by atoms with Gasteiger partial charge in [0.2, 0.25) is 5.91 Å². The number of aryl methyl sites for hydroxylation is 1. The topological polar surface area (TPSA) is 44.4 Å². The third-order valence-electron chi connectivity index (χ3n) is 3.97. The van der Waals surface area contributed by atoms with E-state index in [0.717, 1.165) is 19.6 Å². The smallest absolute Gasteiger partial charge is 0.238 e. The number of piperazine rings is 1. The first-order chi connectivity index (χ1) is 9.15. The summed E-state index contributed by atoms with van der Waals surface area (Å²) in [5.74, 6) is 0.0904. The van der Waals surface area contributed by atoms with E-state index in [9.17, 15) is 4.79 Å². The molecule has 104 valence electrons. The van der Waals surface area contributed by atoms with Gasteiger partial charge in [0.15, 0.2) is 0 Å². The maximum Gasteiger partial charge on any atom is 0.238 e. The number of benzene rings is 1. The molecule has 2 N–H and O–H groups in total. The first-order valence-corrected chi connectivity index (χ1v) is 6.88. The van der Waals surface area contributed by atoms with E-state index in [2.05, 4.69) is 53.6 Å². The summed E-state index contributed by atoms with van der Waals surface area (Å²) in [5.41, 5.74) is 2.59. The number of nitrogens with zero attached hydrogens (tertiary/aromatic N) is 1. The summed E-state index contributed by atoms with van der Waals surface area (Å²) in [4.78, 5) is 14.3. The van der Waals surface area contributed by atoms with E-state index in [4.69, 9.17) is 0 Å². The van der Waals surface area contributed by atoms with Crippen molar-refractivity contribution in [1.29, 1.82) is 0 Å². The van der Waals surface area contributed by atoms with E-state index in [1.165, 1.54) is 11.1 Å². The lowest BCUT2D eigenvalue weighted by Crippen LogP contribution is -2.57. The lowest BCUT2D eigenvalue weighted by molar-refractivity contribution is -0.127. The molecule has 1 heterocycles. The molecule has 1 fully saturated rings. The molecule has 2 rings (SSSR count). The highest BCUT2D eigenvalue weighted by molar-refractivity contribution is 5.81. The molecule has 0 spiro atoms. The van der Waals surface area contributed by atoms with E-state index in [0.29, 0.717) is 0 Å².